The average molecular weight is 432 g/mol. The number of hydrogen-bond acceptors (Lipinski definition) is 8. The number of fused-ring (bicyclic) bond motifs is 1. The zero-order valence-electron chi connectivity index (χ0n) is 17.0. The number of aromatic nitrogens is 3. The predicted octanol–water partition coefficient (Wildman–Crippen LogP) is 4.36. The van der Waals surface area contributed by atoms with Gasteiger partial charge in [-0.1, -0.05) is 12.1 Å². The minimum absolute atomic E-state index is 0.270. The van der Waals surface area contributed by atoms with Gasteiger partial charge in [-0.15, -0.1) is 11.3 Å². The fraction of sp³-hybridized carbons (Fsp3) is 0.0909. The number of thiazole rings is 1. The number of ether oxygens (including phenoxy) is 1. The van der Waals surface area contributed by atoms with Crippen LogP contribution in [0.3, 0.4) is 0 Å². The van der Waals surface area contributed by atoms with Crippen molar-refractivity contribution in [1.82, 2.24) is 15.0 Å². The summed E-state index contributed by atoms with van der Waals surface area (Å²) in [5.74, 6) is 1.78. The topological polar surface area (TPSA) is 124 Å². The molecular formula is C22H21N7OS. The molecule has 0 bridgehead atoms. The van der Waals surface area contributed by atoms with Crippen molar-refractivity contribution in [2.75, 3.05) is 12.4 Å². The number of methoxy groups -OCH3 is 1. The maximum absolute atomic E-state index is 5.84. The van der Waals surface area contributed by atoms with E-state index in [9.17, 15) is 0 Å². The first-order valence-corrected chi connectivity index (χ1v) is 10.3. The van der Waals surface area contributed by atoms with Crippen molar-refractivity contribution in [3.63, 3.8) is 0 Å². The Bertz CT molecular complexity index is 1260. The van der Waals surface area contributed by atoms with E-state index in [2.05, 4.69) is 26.3 Å². The molecule has 4 aromatic rings. The fourth-order valence-electron chi connectivity index (χ4n) is 2.93. The molecule has 2 heterocycles. The summed E-state index contributed by atoms with van der Waals surface area (Å²) in [5.41, 5.74) is 14.7. The van der Waals surface area contributed by atoms with Crippen LogP contribution in [0.5, 0.6) is 5.75 Å². The molecule has 2 aromatic heterocycles. The van der Waals surface area contributed by atoms with Crippen molar-refractivity contribution in [1.29, 1.82) is 0 Å². The van der Waals surface area contributed by atoms with Crippen LogP contribution in [0.25, 0.3) is 20.8 Å². The van der Waals surface area contributed by atoms with Gasteiger partial charge < -0.3 is 21.5 Å². The minimum Gasteiger partial charge on any atom is -0.496 e. The van der Waals surface area contributed by atoms with Crippen LogP contribution in [0.15, 0.2) is 71.5 Å². The Hall–Kier alpha value is -3.98. The largest absolute Gasteiger partial charge is 0.496 e. The summed E-state index contributed by atoms with van der Waals surface area (Å²) < 4.78 is 6.75. The third-order valence-electron chi connectivity index (χ3n) is 4.24. The van der Waals surface area contributed by atoms with E-state index in [1.54, 1.807) is 43.7 Å². The number of benzene rings is 2. The predicted molar refractivity (Wildman–Crippen MR) is 126 cm³/mol. The molecule has 8 nitrogen and oxygen atoms in total. The lowest BCUT2D eigenvalue weighted by Crippen LogP contribution is -2.10. The molecule has 0 aliphatic carbocycles. The number of hydrogen-bond donors (Lipinski definition) is 3. The summed E-state index contributed by atoms with van der Waals surface area (Å²) >= 11 is 1.63. The minimum atomic E-state index is 0.270. The van der Waals surface area contributed by atoms with E-state index in [0.29, 0.717) is 23.2 Å². The van der Waals surface area contributed by atoms with E-state index >= 15 is 0 Å². The maximum Gasteiger partial charge on any atom is 0.229 e. The van der Waals surface area contributed by atoms with Crippen LogP contribution in [0.1, 0.15) is 6.92 Å². The molecule has 0 saturated heterocycles. The van der Waals surface area contributed by atoms with Gasteiger partial charge in [0.15, 0.2) is 5.82 Å². The van der Waals surface area contributed by atoms with Gasteiger partial charge in [-0.05, 0) is 37.3 Å². The van der Waals surface area contributed by atoms with Gasteiger partial charge in [0.2, 0.25) is 5.95 Å². The number of rotatable bonds is 6. The summed E-state index contributed by atoms with van der Waals surface area (Å²) in [6.45, 7) is 1.74. The number of anilines is 2. The van der Waals surface area contributed by atoms with Crippen molar-refractivity contribution in [2.45, 2.75) is 6.92 Å². The van der Waals surface area contributed by atoms with Crippen molar-refractivity contribution >= 4 is 44.8 Å². The van der Waals surface area contributed by atoms with Crippen molar-refractivity contribution in [3.8, 4) is 16.3 Å². The number of aliphatic imine (C=N–C) groups is 1. The molecule has 9 heteroatoms. The standard InChI is InChI=1S/C22H21N7OS/c1-13(23)11-19(24)28-20-9-10-25-22(29-20)26-14-7-8-15(17(12-14)30-2)21-27-16-5-3-4-6-18(16)31-21/h3-12H,23H2,1-2H3,(H3,24,25,26,28,29)/b13-11-. The Morgan fingerprint density at radius 3 is 2.74 bits per heavy atom. The lowest BCUT2D eigenvalue weighted by Gasteiger charge is -2.10. The molecule has 4 rings (SSSR count). The van der Waals surface area contributed by atoms with E-state index in [1.807, 2.05) is 36.4 Å². The van der Waals surface area contributed by atoms with Gasteiger partial charge in [-0.2, -0.15) is 4.98 Å². The summed E-state index contributed by atoms with van der Waals surface area (Å²) in [6, 6.07) is 15.5. The number of allylic oxidation sites excluding steroid dienone is 1. The molecule has 0 unspecified atom stereocenters. The van der Waals surface area contributed by atoms with Gasteiger partial charge in [0.05, 0.1) is 22.9 Å². The molecule has 0 amide bonds. The molecule has 0 fully saturated rings. The van der Waals surface area contributed by atoms with E-state index in [-0.39, 0.29) is 5.84 Å². The monoisotopic (exact) mass is 431 g/mol. The summed E-state index contributed by atoms with van der Waals surface area (Å²) in [4.78, 5) is 17.6. The molecule has 2 aromatic carbocycles. The van der Waals surface area contributed by atoms with Crippen LogP contribution in [-0.4, -0.2) is 27.9 Å². The molecule has 0 aliphatic rings. The smallest absolute Gasteiger partial charge is 0.229 e. The highest BCUT2D eigenvalue weighted by molar-refractivity contribution is 7.21. The zero-order valence-corrected chi connectivity index (χ0v) is 17.9. The van der Waals surface area contributed by atoms with E-state index < -0.39 is 0 Å². The molecule has 5 N–H and O–H groups in total. The Labute approximate surface area is 183 Å². The van der Waals surface area contributed by atoms with Crippen LogP contribution in [0.4, 0.5) is 17.5 Å². The summed E-state index contributed by atoms with van der Waals surface area (Å²) in [5, 5.41) is 4.07. The first kappa shape index (κ1) is 20.3. The van der Waals surface area contributed by atoms with Gasteiger partial charge in [0.1, 0.15) is 16.6 Å². The van der Waals surface area contributed by atoms with Gasteiger partial charge in [-0.3, -0.25) is 0 Å². The lowest BCUT2D eigenvalue weighted by atomic mass is 10.2. The van der Waals surface area contributed by atoms with Crippen molar-refractivity contribution < 1.29 is 4.74 Å². The molecule has 0 radical (unpaired) electrons. The van der Waals surface area contributed by atoms with Crippen LogP contribution in [-0.2, 0) is 0 Å². The van der Waals surface area contributed by atoms with Gasteiger partial charge in [0, 0.05) is 29.7 Å². The Kier molecular flexibility index (Phi) is 5.76. The molecule has 156 valence electrons. The SMILES string of the molecule is COc1cc(Nc2nccc(N=C(N)/C=C(/C)N)n2)ccc1-c1nc2ccccc2s1. The number of nitrogens with one attached hydrogen (secondary N) is 1. The van der Waals surface area contributed by atoms with Crippen LogP contribution < -0.4 is 21.5 Å². The van der Waals surface area contributed by atoms with Crippen LogP contribution >= 0.6 is 11.3 Å². The molecule has 0 atom stereocenters. The van der Waals surface area contributed by atoms with Crippen LogP contribution in [0, 0.1) is 0 Å². The van der Waals surface area contributed by atoms with E-state index in [0.717, 1.165) is 26.5 Å². The molecule has 31 heavy (non-hydrogen) atoms. The van der Waals surface area contributed by atoms with Crippen molar-refractivity contribution in [3.05, 3.63) is 66.5 Å². The lowest BCUT2D eigenvalue weighted by molar-refractivity contribution is 0.416. The van der Waals surface area contributed by atoms with Gasteiger partial charge in [-0.25, -0.2) is 15.0 Å². The molecule has 0 aliphatic heterocycles. The summed E-state index contributed by atoms with van der Waals surface area (Å²) in [7, 11) is 1.64. The third kappa shape index (κ3) is 4.78. The third-order valence-corrected chi connectivity index (χ3v) is 5.31. The second-order valence-corrected chi connectivity index (χ2v) is 7.72. The zero-order chi connectivity index (χ0) is 21.8. The highest BCUT2D eigenvalue weighted by atomic mass is 32.1. The second kappa shape index (κ2) is 8.80. The average Bonchev–Trinajstić information content (AvgIpc) is 3.17. The molecule has 0 spiro atoms. The van der Waals surface area contributed by atoms with Gasteiger partial charge >= 0.3 is 0 Å². The Morgan fingerprint density at radius 1 is 1.13 bits per heavy atom. The number of nitrogens with zero attached hydrogens (tertiary/aromatic N) is 4. The second-order valence-electron chi connectivity index (χ2n) is 6.69. The fourth-order valence-corrected chi connectivity index (χ4v) is 3.93. The highest BCUT2D eigenvalue weighted by Crippen LogP contribution is 2.37. The maximum atomic E-state index is 5.84. The van der Waals surface area contributed by atoms with E-state index in [1.165, 1.54) is 0 Å². The number of amidine groups is 1. The molecular weight excluding hydrogens is 410 g/mol. The van der Waals surface area contributed by atoms with Gasteiger partial charge in [0.25, 0.3) is 0 Å². The van der Waals surface area contributed by atoms with Crippen LogP contribution in [0.2, 0.25) is 0 Å². The highest BCUT2D eigenvalue weighted by Gasteiger charge is 2.12. The first-order valence-electron chi connectivity index (χ1n) is 9.44. The quantitative estimate of drug-likeness (QED) is 0.306. The van der Waals surface area contributed by atoms with Crippen molar-refractivity contribution in [2.24, 2.45) is 16.5 Å². The Morgan fingerprint density at radius 2 is 1.97 bits per heavy atom. The Balaban J connectivity index is 1.60. The summed E-state index contributed by atoms with van der Waals surface area (Å²) in [6.07, 6.45) is 3.17. The first-order chi connectivity index (χ1) is 15.0. The molecule has 0 saturated carbocycles. The number of nitrogens with two attached hydrogens (primary N) is 2. The normalized spacial score (nSPS) is 12.2. The van der Waals surface area contributed by atoms with E-state index in [4.69, 9.17) is 21.2 Å². The number of para-hydroxylation sites is 1.